The molecule has 1 aromatic heterocycles. The molecule has 8 heteroatoms. The number of carboxylic acid groups (broad SMARTS) is 1. The topological polar surface area (TPSA) is 112 Å². The number of thioether (sulfide) groups is 1. The molecule has 0 saturated carbocycles. The Labute approximate surface area is 165 Å². The molecule has 1 unspecified atom stereocenters. The number of H-pyrrole nitrogens is 1. The van der Waals surface area contributed by atoms with Crippen molar-refractivity contribution in [3.63, 3.8) is 0 Å². The van der Waals surface area contributed by atoms with Gasteiger partial charge in [-0.25, -0.2) is 9.78 Å². The number of aliphatic carboxylic acids is 1. The number of aromatic amines is 1. The van der Waals surface area contributed by atoms with Crippen molar-refractivity contribution in [2.45, 2.75) is 24.0 Å². The first kappa shape index (κ1) is 19.6. The Hall–Kier alpha value is -3.13. The summed E-state index contributed by atoms with van der Waals surface area (Å²) in [4.78, 5) is 42.6. The van der Waals surface area contributed by atoms with Crippen LogP contribution in [0, 0.1) is 0 Å². The largest absolute Gasteiger partial charge is 0.480 e. The predicted molar refractivity (Wildman–Crippen MR) is 107 cm³/mol. The highest BCUT2D eigenvalue weighted by atomic mass is 32.2. The molecule has 1 heterocycles. The molecule has 3 rings (SSSR count). The highest BCUT2D eigenvalue weighted by Crippen LogP contribution is 2.15. The highest BCUT2D eigenvalue weighted by molar-refractivity contribution is 7.99. The standard InChI is InChI=1S/C20H19N3O4S/c24-17(21-16(19(26)27)12-13-6-2-1-3-7-13)10-11-28-20-22-15-9-5-4-8-14(15)18(25)23-20/h1-9,16H,10-12H2,(H,21,24)(H,26,27)(H,22,23,25). The minimum Gasteiger partial charge on any atom is -0.480 e. The van der Waals surface area contributed by atoms with Crippen LogP contribution in [0.25, 0.3) is 10.9 Å². The fraction of sp³-hybridized carbons (Fsp3) is 0.200. The zero-order valence-corrected chi connectivity index (χ0v) is 15.7. The van der Waals surface area contributed by atoms with Crippen molar-refractivity contribution < 1.29 is 14.7 Å². The number of carbonyl (C=O) groups excluding carboxylic acids is 1. The smallest absolute Gasteiger partial charge is 0.326 e. The molecular weight excluding hydrogens is 378 g/mol. The van der Waals surface area contributed by atoms with Gasteiger partial charge < -0.3 is 15.4 Å². The number of rotatable bonds is 8. The molecule has 0 fully saturated rings. The van der Waals surface area contributed by atoms with E-state index in [-0.39, 0.29) is 24.3 Å². The molecule has 0 spiro atoms. The molecule has 144 valence electrons. The van der Waals surface area contributed by atoms with Crippen LogP contribution in [-0.2, 0) is 16.0 Å². The van der Waals surface area contributed by atoms with Gasteiger partial charge in [0.2, 0.25) is 5.91 Å². The monoisotopic (exact) mass is 397 g/mol. The SMILES string of the molecule is O=C(CCSc1nc2ccccc2c(=O)[nH]1)NC(Cc1ccccc1)C(=O)O. The first-order valence-electron chi connectivity index (χ1n) is 8.71. The predicted octanol–water partition coefficient (Wildman–Crippen LogP) is 2.22. The van der Waals surface area contributed by atoms with Gasteiger partial charge in [-0.05, 0) is 17.7 Å². The number of nitrogens with zero attached hydrogens (tertiary/aromatic N) is 1. The van der Waals surface area contributed by atoms with Gasteiger partial charge >= 0.3 is 5.97 Å². The van der Waals surface area contributed by atoms with E-state index in [1.54, 1.807) is 24.3 Å². The van der Waals surface area contributed by atoms with E-state index in [1.807, 2.05) is 30.3 Å². The number of carbonyl (C=O) groups is 2. The van der Waals surface area contributed by atoms with Gasteiger partial charge in [-0.2, -0.15) is 0 Å². The second kappa shape index (κ2) is 9.18. The summed E-state index contributed by atoms with van der Waals surface area (Å²) in [7, 11) is 0. The van der Waals surface area contributed by atoms with Crippen LogP contribution in [0.1, 0.15) is 12.0 Å². The average molecular weight is 397 g/mol. The highest BCUT2D eigenvalue weighted by Gasteiger charge is 2.20. The normalized spacial score (nSPS) is 11.9. The van der Waals surface area contributed by atoms with Gasteiger partial charge in [0.25, 0.3) is 5.56 Å². The molecule has 0 aliphatic heterocycles. The molecule has 28 heavy (non-hydrogen) atoms. The van der Waals surface area contributed by atoms with Crippen LogP contribution in [0.4, 0.5) is 0 Å². The Kier molecular flexibility index (Phi) is 6.44. The number of amides is 1. The first-order chi connectivity index (χ1) is 13.5. The van der Waals surface area contributed by atoms with Crippen LogP contribution < -0.4 is 10.9 Å². The van der Waals surface area contributed by atoms with Gasteiger partial charge in [0.1, 0.15) is 6.04 Å². The molecule has 1 atom stereocenters. The Morgan fingerprint density at radius 2 is 1.82 bits per heavy atom. The molecule has 1 amide bonds. The number of fused-ring (bicyclic) bond motifs is 1. The molecule has 3 N–H and O–H groups in total. The second-order valence-corrected chi connectivity index (χ2v) is 7.22. The minimum atomic E-state index is -1.08. The van der Waals surface area contributed by atoms with E-state index in [0.29, 0.717) is 21.8 Å². The van der Waals surface area contributed by atoms with Gasteiger partial charge in [-0.15, -0.1) is 0 Å². The van der Waals surface area contributed by atoms with Crippen molar-refractivity contribution in [1.82, 2.24) is 15.3 Å². The summed E-state index contributed by atoms with van der Waals surface area (Å²) in [6.07, 6.45) is 0.328. The molecule has 0 bridgehead atoms. The Morgan fingerprint density at radius 1 is 1.11 bits per heavy atom. The van der Waals surface area contributed by atoms with Gasteiger partial charge in [-0.3, -0.25) is 9.59 Å². The van der Waals surface area contributed by atoms with E-state index in [1.165, 1.54) is 11.8 Å². The molecule has 0 saturated heterocycles. The second-order valence-electron chi connectivity index (χ2n) is 6.13. The number of hydrogen-bond acceptors (Lipinski definition) is 5. The lowest BCUT2D eigenvalue weighted by Crippen LogP contribution is -2.42. The third-order valence-corrected chi connectivity index (χ3v) is 4.95. The Balaban J connectivity index is 1.55. The lowest BCUT2D eigenvalue weighted by molar-refractivity contribution is -0.141. The molecule has 0 aliphatic carbocycles. The number of carboxylic acids is 1. The molecule has 0 aliphatic rings. The third kappa shape index (κ3) is 5.20. The lowest BCUT2D eigenvalue weighted by Gasteiger charge is -2.14. The summed E-state index contributed by atoms with van der Waals surface area (Å²) in [5.41, 5.74) is 1.20. The van der Waals surface area contributed by atoms with Crippen LogP contribution >= 0.6 is 11.8 Å². The third-order valence-electron chi connectivity index (χ3n) is 4.08. The minimum absolute atomic E-state index is 0.111. The molecule has 3 aromatic rings. The maximum Gasteiger partial charge on any atom is 0.326 e. The zero-order chi connectivity index (χ0) is 19.9. The van der Waals surface area contributed by atoms with Crippen LogP contribution in [0.2, 0.25) is 0 Å². The zero-order valence-electron chi connectivity index (χ0n) is 14.9. The quantitative estimate of drug-likeness (QED) is 0.397. The Morgan fingerprint density at radius 3 is 2.57 bits per heavy atom. The molecule has 0 radical (unpaired) electrons. The fourth-order valence-electron chi connectivity index (χ4n) is 2.69. The molecule has 7 nitrogen and oxygen atoms in total. The summed E-state index contributed by atoms with van der Waals surface area (Å²) in [5.74, 6) is -1.07. The van der Waals surface area contributed by atoms with E-state index in [4.69, 9.17) is 0 Å². The maximum atomic E-state index is 12.1. The van der Waals surface area contributed by atoms with Gasteiger partial charge in [0, 0.05) is 18.6 Å². The van der Waals surface area contributed by atoms with E-state index in [9.17, 15) is 19.5 Å². The van der Waals surface area contributed by atoms with Gasteiger partial charge in [0.15, 0.2) is 5.16 Å². The van der Waals surface area contributed by atoms with E-state index in [2.05, 4.69) is 15.3 Å². The van der Waals surface area contributed by atoms with E-state index in [0.717, 1.165) is 5.56 Å². The van der Waals surface area contributed by atoms with Crippen LogP contribution in [0.15, 0.2) is 64.5 Å². The lowest BCUT2D eigenvalue weighted by atomic mass is 10.1. The Bertz CT molecular complexity index is 1040. The van der Waals surface area contributed by atoms with Crippen LogP contribution in [-0.4, -0.2) is 38.7 Å². The summed E-state index contributed by atoms with van der Waals surface area (Å²) >= 11 is 1.24. The van der Waals surface area contributed by atoms with Crippen molar-refractivity contribution in [1.29, 1.82) is 0 Å². The summed E-state index contributed by atoms with van der Waals surface area (Å²) in [5, 5.41) is 12.8. The molecular formula is C20H19N3O4S. The van der Waals surface area contributed by atoms with Crippen molar-refractivity contribution in [3.05, 3.63) is 70.5 Å². The maximum absolute atomic E-state index is 12.1. The number of nitrogens with one attached hydrogen (secondary N) is 2. The van der Waals surface area contributed by atoms with Crippen molar-refractivity contribution in [2.24, 2.45) is 0 Å². The summed E-state index contributed by atoms with van der Waals surface area (Å²) in [6, 6.07) is 15.2. The van der Waals surface area contributed by atoms with Crippen molar-refractivity contribution in [3.8, 4) is 0 Å². The molecule has 2 aromatic carbocycles. The number of para-hydroxylation sites is 1. The summed E-state index contributed by atoms with van der Waals surface area (Å²) in [6.45, 7) is 0. The van der Waals surface area contributed by atoms with Crippen molar-refractivity contribution in [2.75, 3.05) is 5.75 Å². The average Bonchev–Trinajstić information content (AvgIpc) is 2.68. The van der Waals surface area contributed by atoms with Gasteiger partial charge in [-0.1, -0.05) is 54.2 Å². The number of aromatic nitrogens is 2. The van der Waals surface area contributed by atoms with Gasteiger partial charge in [0.05, 0.1) is 10.9 Å². The van der Waals surface area contributed by atoms with Crippen LogP contribution in [0.3, 0.4) is 0 Å². The first-order valence-corrected chi connectivity index (χ1v) is 9.69. The summed E-state index contributed by atoms with van der Waals surface area (Å²) < 4.78 is 0. The number of benzene rings is 2. The van der Waals surface area contributed by atoms with Crippen molar-refractivity contribution >= 4 is 34.5 Å². The van der Waals surface area contributed by atoms with E-state index < -0.39 is 12.0 Å². The van der Waals surface area contributed by atoms with Crippen LogP contribution in [0.5, 0.6) is 0 Å². The number of hydrogen-bond donors (Lipinski definition) is 3. The fourth-order valence-corrected chi connectivity index (χ4v) is 3.50. The van der Waals surface area contributed by atoms with E-state index >= 15 is 0 Å².